The van der Waals surface area contributed by atoms with Crippen molar-refractivity contribution >= 4 is 34.2 Å². The van der Waals surface area contributed by atoms with Crippen molar-refractivity contribution in [3.05, 3.63) is 77.2 Å². The molecule has 1 fully saturated rings. The van der Waals surface area contributed by atoms with Gasteiger partial charge in [0.05, 0.1) is 28.7 Å². The van der Waals surface area contributed by atoms with E-state index < -0.39 is 0 Å². The molecule has 1 atom stereocenters. The molecule has 1 aliphatic heterocycles. The van der Waals surface area contributed by atoms with Crippen molar-refractivity contribution in [1.82, 2.24) is 24.6 Å². The van der Waals surface area contributed by atoms with Crippen LogP contribution in [0.15, 0.2) is 54.9 Å². The third-order valence-electron chi connectivity index (χ3n) is 7.93. The summed E-state index contributed by atoms with van der Waals surface area (Å²) in [7, 11) is 1.93. The SMILES string of the molecule is CCCC(=O)c1cnn(-c2ccc(NC(=O)c3cn(CC(=O)N4CCCC(NC)C4)c4ccc(C)cc34)cc2)c1C. The standard InChI is InChI=1S/C32H38N6O3/c1-5-7-30(39)27-17-34-38(22(27)3)25-12-10-23(11-13-25)35-32(41)28-19-37(29-14-9-21(2)16-26(28)29)20-31(40)36-15-6-8-24(18-36)33-4/h9-14,16-17,19,24,33H,5-8,15,18,20H2,1-4H3,(H,35,41). The van der Waals surface area contributed by atoms with Crippen LogP contribution in [-0.2, 0) is 11.3 Å². The van der Waals surface area contributed by atoms with Crippen LogP contribution in [0.4, 0.5) is 5.69 Å². The monoisotopic (exact) mass is 554 g/mol. The molecule has 2 aromatic carbocycles. The molecule has 2 N–H and O–H groups in total. The van der Waals surface area contributed by atoms with Gasteiger partial charge in [0.25, 0.3) is 5.91 Å². The van der Waals surface area contributed by atoms with E-state index in [-0.39, 0.29) is 24.1 Å². The number of ketones is 1. The van der Waals surface area contributed by atoms with Crippen LogP contribution in [0.3, 0.4) is 0 Å². The van der Waals surface area contributed by atoms with Crippen molar-refractivity contribution in [2.45, 2.75) is 59.0 Å². The van der Waals surface area contributed by atoms with E-state index in [1.165, 1.54) is 0 Å². The average molecular weight is 555 g/mol. The van der Waals surface area contributed by atoms with Gasteiger partial charge >= 0.3 is 0 Å². The zero-order chi connectivity index (χ0) is 29.1. The third kappa shape index (κ3) is 5.95. The van der Waals surface area contributed by atoms with Crippen molar-refractivity contribution in [2.75, 3.05) is 25.5 Å². The Bertz CT molecular complexity index is 1580. The summed E-state index contributed by atoms with van der Waals surface area (Å²) in [6, 6.07) is 13.7. The summed E-state index contributed by atoms with van der Waals surface area (Å²) in [6.45, 7) is 7.51. The molecule has 0 saturated carbocycles. The number of amides is 2. The lowest BCUT2D eigenvalue weighted by molar-refractivity contribution is -0.133. The van der Waals surface area contributed by atoms with Crippen LogP contribution in [0, 0.1) is 13.8 Å². The molecule has 9 nitrogen and oxygen atoms in total. The number of likely N-dealkylation sites (tertiary alicyclic amines) is 1. The maximum absolute atomic E-state index is 13.5. The fourth-order valence-electron chi connectivity index (χ4n) is 5.60. The minimum absolute atomic E-state index is 0.0541. The van der Waals surface area contributed by atoms with E-state index in [4.69, 9.17) is 0 Å². The fourth-order valence-corrected chi connectivity index (χ4v) is 5.60. The quantitative estimate of drug-likeness (QED) is 0.287. The second-order valence-corrected chi connectivity index (χ2v) is 10.9. The Hall–Kier alpha value is -4.24. The summed E-state index contributed by atoms with van der Waals surface area (Å²) in [6.07, 6.45) is 6.74. The van der Waals surface area contributed by atoms with Crippen LogP contribution in [0.25, 0.3) is 16.6 Å². The molecule has 0 aliphatic carbocycles. The van der Waals surface area contributed by atoms with Gasteiger partial charge in [0.15, 0.2) is 5.78 Å². The molecule has 1 aliphatic rings. The summed E-state index contributed by atoms with van der Waals surface area (Å²) < 4.78 is 3.62. The number of hydrogen-bond acceptors (Lipinski definition) is 5. The molecular formula is C32H38N6O3. The Morgan fingerprint density at radius 2 is 1.83 bits per heavy atom. The lowest BCUT2D eigenvalue weighted by Crippen LogP contribution is -2.47. The van der Waals surface area contributed by atoms with Crippen molar-refractivity contribution in [3.8, 4) is 5.69 Å². The first kappa shape index (κ1) is 28.3. The maximum Gasteiger partial charge on any atom is 0.257 e. The molecule has 1 unspecified atom stereocenters. The molecule has 1 saturated heterocycles. The van der Waals surface area contributed by atoms with Crippen LogP contribution in [0.5, 0.6) is 0 Å². The van der Waals surface area contributed by atoms with E-state index in [0.29, 0.717) is 35.8 Å². The highest BCUT2D eigenvalue weighted by atomic mass is 16.2. The van der Waals surface area contributed by atoms with Gasteiger partial charge in [-0.2, -0.15) is 5.10 Å². The minimum Gasteiger partial charge on any atom is -0.340 e. The largest absolute Gasteiger partial charge is 0.340 e. The van der Waals surface area contributed by atoms with Crippen LogP contribution in [-0.4, -0.2) is 63.0 Å². The van der Waals surface area contributed by atoms with Crippen molar-refractivity contribution in [3.63, 3.8) is 0 Å². The number of benzene rings is 2. The highest BCUT2D eigenvalue weighted by Gasteiger charge is 2.24. The summed E-state index contributed by atoms with van der Waals surface area (Å²) in [4.78, 5) is 41.0. The molecule has 4 aromatic rings. The molecule has 2 aromatic heterocycles. The number of nitrogens with zero attached hydrogens (tertiary/aromatic N) is 4. The predicted octanol–water partition coefficient (Wildman–Crippen LogP) is 4.89. The van der Waals surface area contributed by atoms with E-state index >= 15 is 0 Å². The summed E-state index contributed by atoms with van der Waals surface area (Å²) in [5.41, 5.74) is 5.30. The Morgan fingerprint density at radius 1 is 1.05 bits per heavy atom. The number of aryl methyl sites for hydroxylation is 1. The molecular weight excluding hydrogens is 516 g/mol. The van der Waals surface area contributed by atoms with Crippen molar-refractivity contribution in [1.29, 1.82) is 0 Å². The highest BCUT2D eigenvalue weighted by molar-refractivity contribution is 6.13. The fraction of sp³-hybridized carbons (Fsp3) is 0.375. The van der Waals surface area contributed by atoms with Gasteiger partial charge in [0.2, 0.25) is 5.91 Å². The van der Waals surface area contributed by atoms with E-state index in [2.05, 4.69) is 15.7 Å². The first-order valence-electron chi connectivity index (χ1n) is 14.3. The Kier molecular flexibility index (Phi) is 8.35. The van der Waals surface area contributed by atoms with Crippen molar-refractivity contribution in [2.24, 2.45) is 0 Å². The first-order valence-corrected chi connectivity index (χ1v) is 14.3. The van der Waals surface area contributed by atoms with Crippen molar-refractivity contribution < 1.29 is 14.4 Å². The van der Waals surface area contributed by atoms with Crippen LogP contribution in [0.1, 0.15) is 64.6 Å². The van der Waals surface area contributed by atoms with Gasteiger partial charge in [-0.25, -0.2) is 4.68 Å². The Balaban J connectivity index is 1.34. The number of likely N-dealkylation sites (N-methyl/N-ethyl adjacent to an activating group) is 1. The number of hydrogen-bond donors (Lipinski definition) is 2. The molecule has 214 valence electrons. The van der Waals surface area contributed by atoms with Crippen LogP contribution >= 0.6 is 0 Å². The zero-order valence-corrected chi connectivity index (χ0v) is 24.2. The summed E-state index contributed by atoms with van der Waals surface area (Å²) in [5, 5.41) is 11.5. The smallest absolute Gasteiger partial charge is 0.257 e. The number of carbonyl (C=O) groups is 3. The van der Waals surface area contributed by atoms with E-state index in [9.17, 15) is 14.4 Å². The van der Waals surface area contributed by atoms with Crippen LogP contribution < -0.4 is 10.6 Å². The predicted molar refractivity (Wildman–Crippen MR) is 161 cm³/mol. The van der Waals surface area contributed by atoms with E-state index in [1.807, 2.05) is 79.8 Å². The molecule has 3 heterocycles. The molecule has 0 radical (unpaired) electrons. The lowest BCUT2D eigenvalue weighted by Gasteiger charge is -2.32. The second-order valence-electron chi connectivity index (χ2n) is 10.9. The summed E-state index contributed by atoms with van der Waals surface area (Å²) >= 11 is 0. The van der Waals surface area contributed by atoms with E-state index in [0.717, 1.165) is 53.7 Å². The topological polar surface area (TPSA) is 101 Å². The number of aromatic nitrogens is 3. The van der Waals surface area contributed by atoms with Gasteiger partial charge in [0, 0.05) is 48.3 Å². The molecule has 2 amide bonds. The molecule has 41 heavy (non-hydrogen) atoms. The number of anilines is 1. The van der Waals surface area contributed by atoms with Gasteiger partial charge in [-0.3, -0.25) is 14.4 Å². The van der Waals surface area contributed by atoms with Gasteiger partial charge in [-0.05, 0) is 76.6 Å². The lowest BCUT2D eigenvalue weighted by atomic mass is 10.1. The average Bonchev–Trinajstić information content (AvgIpc) is 3.53. The third-order valence-corrected chi connectivity index (χ3v) is 7.93. The molecule has 5 rings (SSSR count). The molecule has 0 bridgehead atoms. The van der Waals surface area contributed by atoms with E-state index in [1.54, 1.807) is 17.1 Å². The van der Waals surface area contributed by atoms with Gasteiger partial charge in [-0.15, -0.1) is 0 Å². The molecule has 0 spiro atoms. The second kappa shape index (κ2) is 12.1. The number of carbonyl (C=O) groups excluding carboxylic acids is 3. The van der Waals surface area contributed by atoms with Gasteiger partial charge in [-0.1, -0.05) is 18.6 Å². The first-order chi connectivity index (χ1) is 19.8. The number of fused-ring (bicyclic) bond motifs is 1. The van der Waals surface area contributed by atoms with Gasteiger partial charge in [0.1, 0.15) is 6.54 Å². The number of nitrogens with one attached hydrogen (secondary N) is 2. The Labute approximate surface area is 240 Å². The maximum atomic E-state index is 13.5. The zero-order valence-electron chi connectivity index (χ0n) is 24.2. The summed E-state index contributed by atoms with van der Waals surface area (Å²) in [5.74, 6) is -0.0942. The number of Topliss-reactive ketones (excluding diaryl/α,β-unsaturated/α-hetero) is 1. The highest BCUT2D eigenvalue weighted by Crippen LogP contribution is 2.25. The van der Waals surface area contributed by atoms with Gasteiger partial charge < -0.3 is 20.1 Å². The molecule has 9 heteroatoms. The normalized spacial score (nSPS) is 15.3. The number of rotatable bonds is 9. The number of piperidine rings is 1. The Morgan fingerprint density at radius 3 is 2.56 bits per heavy atom. The minimum atomic E-state index is -0.240. The van der Waals surface area contributed by atoms with Crippen LogP contribution in [0.2, 0.25) is 0 Å².